The van der Waals surface area contributed by atoms with Crippen LogP contribution >= 0.6 is 0 Å². The molecule has 3 saturated carbocycles. The highest BCUT2D eigenvalue weighted by molar-refractivity contribution is 6.00. The molecule has 170 valence electrons. The molecule has 3 fully saturated rings. The highest BCUT2D eigenvalue weighted by Gasteiger charge is 2.58. The number of carbonyl (C=O) groups is 1. The fourth-order valence-corrected chi connectivity index (χ4v) is 8.14. The van der Waals surface area contributed by atoms with Gasteiger partial charge in [-0.25, -0.2) is 0 Å². The van der Waals surface area contributed by atoms with Crippen LogP contribution in [0.3, 0.4) is 0 Å². The summed E-state index contributed by atoms with van der Waals surface area (Å²) < 4.78 is 0. The predicted molar refractivity (Wildman–Crippen MR) is 121 cm³/mol. The summed E-state index contributed by atoms with van der Waals surface area (Å²) in [7, 11) is 0. The number of rotatable bonds is 5. The lowest BCUT2D eigenvalue weighted by Crippen LogP contribution is -2.48. The van der Waals surface area contributed by atoms with Gasteiger partial charge in [0.05, 0.1) is 12.2 Å². The molecule has 0 heterocycles. The van der Waals surface area contributed by atoms with Crippen LogP contribution in [-0.4, -0.2) is 28.2 Å². The molecule has 3 nitrogen and oxygen atoms in total. The molecule has 0 aromatic carbocycles. The summed E-state index contributed by atoms with van der Waals surface area (Å²) in [6, 6.07) is 0. The third kappa shape index (κ3) is 3.52. The van der Waals surface area contributed by atoms with Crippen molar-refractivity contribution < 1.29 is 15.0 Å². The molecular formula is C27H44O3. The van der Waals surface area contributed by atoms with E-state index in [1.54, 1.807) is 0 Å². The number of hydrogen-bond acceptors (Lipinski definition) is 3. The zero-order valence-electron chi connectivity index (χ0n) is 19.9. The number of Topliss-reactive ketones (excluding diaryl/α,β-unsaturated/α-hetero) is 1. The van der Waals surface area contributed by atoms with E-state index in [1.807, 2.05) is 0 Å². The standard InChI is InChI=1S/C27H44O3/c1-16(2)23(29)9-6-17(3)22-15-24(30)25-20-8-7-18-14-19(28)10-12-26(18,4)21(20)11-13-27(22,25)5/h16-19,21-23,28-29H,6-15H2,1-5H3/t17-,18+,19+,21+,22-,23?,26+,27-/m1/s1. The Balaban J connectivity index is 1.59. The van der Waals surface area contributed by atoms with Crippen molar-refractivity contribution >= 4 is 5.78 Å². The Kier molecular flexibility index (Phi) is 6.03. The first-order valence-electron chi connectivity index (χ1n) is 12.7. The summed E-state index contributed by atoms with van der Waals surface area (Å²) in [4.78, 5) is 13.4. The quantitative estimate of drug-likeness (QED) is 0.606. The van der Waals surface area contributed by atoms with Gasteiger partial charge in [0.1, 0.15) is 0 Å². The van der Waals surface area contributed by atoms with Crippen LogP contribution in [0.1, 0.15) is 98.8 Å². The molecule has 0 aliphatic heterocycles. The van der Waals surface area contributed by atoms with E-state index in [1.165, 1.54) is 17.6 Å². The fourth-order valence-electron chi connectivity index (χ4n) is 8.14. The second-order valence-electron chi connectivity index (χ2n) is 12.2. The summed E-state index contributed by atoms with van der Waals surface area (Å²) in [6.45, 7) is 11.3. The maximum absolute atomic E-state index is 13.4. The van der Waals surface area contributed by atoms with Crippen LogP contribution in [0.4, 0.5) is 0 Å². The minimum atomic E-state index is -0.234. The van der Waals surface area contributed by atoms with Crippen molar-refractivity contribution in [3.05, 3.63) is 11.1 Å². The van der Waals surface area contributed by atoms with Gasteiger partial charge < -0.3 is 10.2 Å². The number of aliphatic hydroxyl groups excluding tert-OH is 2. The molecule has 3 heteroatoms. The number of aliphatic hydroxyl groups is 2. The van der Waals surface area contributed by atoms with Crippen LogP contribution < -0.4 is 0 Å². The van der Waals surface area contributed by atoms with E-state index in [4.69, 9.17) is 0 Å². The van der Waals surface area contributed by atoms with Crippen molar-refractivity contribution in [1.82, 2.24) is 0 Å². The molecule has 0 aromatic rings. The summed E-state index contributed by atoms with van der Waals surface area (Å²) in [6.07, 6.45) is 9.76. The second-order valence-corrected chi connectivity index (χ2v) is 12.2. The van der Waals surface area contributed by atoms with Gasteiger partial charge in [0.2, 0.25) is 0 Å². The second kappa shape index (κ2) is 8.03. The number of carbonyl (C=O) groups excluding carboxylic acids is 1. The fraction of sp³-hybridized carbons (Fsp3) is 0.889. The van der Waals surface area contributed by atoms with Gasteiger partial charge in [-0.2, -0.15) is 0 Å². The van der Waals surface area contributed by atoms with Gasteiger partial charge in [-0.1, -0.05) is 40.2 Å². The molecule has 4 aliphatic carbocycles. The zero-order chi connectivity index (χ0) is 21.8. The summed E-state index contributed by atoms with van der Waals surface area (Å²) >= 11 is 0. The van der Waals surface area contributed by atoms with Crippen molar-refractivity contribution in [1.29, 1.82) is 0 Å². The molecule has 0 spiro atoms. The van der Waals surface area contributed by atoms with Crippen molar-refractivity contribution in [3.63, 3.8) is 0 Å². The first kappa shape index (κ1) is 22.5. The first-order chi connectivity index (χ1) is 14.1. The van der Waals surface area contributed by atoms with E-state index >= 15 is 0 Å². The van der Waals surface area contributed by atoms with Crippen LogP contribution in [0.25, 0.3) is 0 Å². The van der Waals surface area contributed by atoms with Gasteiger partial charge in [0.25, 0.3) is 0 Å². The van der Waals surface area contributed by atoms with Gasteiger partial charge in [-0.15, -0.1) is 0 Å². The molecule has 0 saturated heterocycles. The topological polar surface area (TPSA) is 57.5 Å². The maximum Gasteiger partial charge on any atom is 0.159 e. The molecule has 1 unspecified atom stereocenters. The van der Waals surface area contributed by atoms with Gasteiger partial charge in [-0.05, 0) is 98.2 Å². The normalized spacial score (nSPS) is 43.3. The van der Waals surface area contributed by atoms with E-state index in [0.29, 0.717) is 41.8 Å². The molecule has 0 aromatic heterocycles. The molecule has 4 aliphatic rings. The van der Waals surface area contributed by atoms with Crippen molar-refractivity contribution in [2.75, 3.05) is 0 Å². The largest absolute Gasteiger partial charge is 0.393 e. The average Bonchev–Trinajstić information content (AvgIpc) is 2.97. The maximum atomic E-state index is 13.4. The monoisotopic (exact) mass is 416 g/mol. The molecule has 30 heavy (non-hydrogen) atoms. The average molecular weight is 417 g/mol. The lowest BCUT2D eigenvalue weighted by atomic mass is 9.48. The Morgan fingerprint density at radius 3 is 2.50 bits per heavy atom. The van der Waals surface area contributed by atoms with Crippen LogP contribution in [0.2, 0.25) is 0 Å². The van der Waals surface area contributed by atoms with E-state index in [9.17, 15) is 15.0 Å². The van der Waals surface area contributed by atoms with Gasteiger partial charge in [0, 0.05) is 12.0 Å². The van der Waals surface area contributed by atoms with Crippen molar-refractivity contribution in [3.8, 4) is 0 Å². The van der Waals surface area contributed by atoms with Crippen LogP contribution in [0.5, 0.6) is 0 Å². The van der Waals surface area contributed by atoms with Gasteiger partial charge in [-0.3, -0.25) is 4.79 Å². The summed E-state index contributed by atoms with van der Waals surface area (Å²) in [5.74, 6) is 2.79. The number of fused-ring (bicyclic) bond motifs is 4. The molecular weight excluding hydrogens is 372 g/mol. The van der Waals surface area contributed by atoms with Crippen LogP contribution in [0, 0.1) is 40.4 Å². The molecule has 0 radical (unpaired) electrons. The van der Waals surface area contributed by atoms with Crippen molar-refractivity contribution in [2.24, 2.45) is 40.4 Å². The Morgan fingerprint density at radius 2 is 1.80 bits per heavy atom. The molecule has 2 N–H and O–H groups in total. The Morgan fingerprint density at radius 1 is 1.07 bits per heavy atom. The van der Waals surface area contributed by atoms with Crippen molar-refractivity contribution in [2.45, 2.75) is 111 Å². The lowest BCUT2D eigenvalue weighted by molar-refractivity contribution is -0.115. The van der Waals surface area contributed by atoms with Crippen LogP contribution in [-0.2, 0) is 4.79 Å². The van der Waals surface area contributed by atoms with Gasteiger partial charge >= 0.3 is 0 Å². The molecule has 0 amide bonds. The van der Waals surface area contributed by atoms with E-state index in [-0.39, 0.29) is 23.0 Å². The smallest absolute Gasteiger partial charge is 0.159 e. The van der Waals surface area contributed by atoms with E-state index in [0.717, 1.165) is 51.4 Å². The molecule has 8 atom stereocenters. The van der Waals surface area contributed by atoms with Crippen LogP contribution in [0.15, 0.2) is 11.1 Å². The predicted octanol–water partition coefficient (Wildman–Crippen LogP) is 5.68. The first-order valence-corrected chi connectivity index (χ1v) is 12.7. The Bertz CT molecular complexity index is 709. The van der Waals surface area contributed by atoms with E-state index in [2.05, 4.69) is 34.6 Å². The lowest BCUT2D eigenvalue weighted by Gasteiger charge is -2.56. The van der Waals surface area contributed by atoms with E-state index < -0.39 is 0 Å². The zero-order valence-corrected chi connectivity index (χ0v) is 19.9. The summed E-state index contributed by atoms with van der Waals surface area (Å²) in [5, 5.41) is 20.5. The Labute approximate surface area is 183 Å². The summed E-state index contributed by atoms with van der Waals surface area (Å²) in [5.41, 5.74) is 3.04. The highest BCUT2D eigenvalue weighted by Crippen LogP contribution is 2.65. The minimum absolute atomic E-state index is 0.0303. The Hall–Kier alpha value is -0.670. The molecule has 4 rings (SSSR count). The molecule has 0 bridgehead atoms. The SMILES string of the molecule is CC(C)C(O)CC[C@@H](C)[C@H]1CC(=O)C2=C3CC[C@H]4C[C@@H](O)CC[C@]4(C)[C@H]3CC[C@@]21C. The number of hydrogen-bond donors (Lipinski definition) is 2. The third-order valence-corrected chi connectivity index (χ3v) is 10.2. The van der Waals surface area contributed by atoms with Gasteiger partial charge in [0.15, 0.2) is 5.78 Å². The highest BCUT2D eigenvalue weighted by atomic mass is 16.3. The number of ketones is 1. The third-order valence-electron chi connectivity index (χ3n) is 10.2. The minimum Gasteiger partial charge on any atom is -0.393 e. The number of allylic oxidation sites excluding steroid dienone is 2.